The first-order chi connectivity index (χ1) is 15.9. The first kappa shape index (κ1) is 22.4. The van der Waals surface area contributed by atoms with Crippen LogP contribution in [0.25, 0.3) is 10.8 Å². The molecule has 0 spiro atoms. The average Bonchev–Trinajstić information content (AvgIpc) is 2.84. The van der Waals surface area contributed by atoms with Gasteiger partial charge in [-0.3, -0.25) is 9.10 Å². The zero-order valence-electron chi connectivity index (χ0n) is 18.3. The number of anilines is 2. The van der Waals surface area contributed by atoms with Gasteiger partial charge in [0.25, 0.3) is 0 Å². The molecule has 3 aromatic carbocycles. The van der Waals surface area contributed by atoms with Gasteiger partial charge >= 0.3 is 0 Å². The number of piperidine rings is 3. The smallest absolute Gasteiger partial charge is 0.245 e. The summed E-state index contributed by atoms with van der Waals surface area (Å²) in [6.45, 7) is 2.36. The number of carbonyl (C=O) groups is 1. The van der Waals surface area contributed by atoms with Crippen molar-refractivity contribution in [2.24, 2.45) is 0 Å². The molecule has 1 amide bonds. The largest absolute Gasteiger partial charge is 0.335 e. The number of nitrogens with one attached hydrogen (secondary N) is 2. The van der Waals surface area contributed by atoms with Crippen LogP contribution in [0.3, 0.4) is 0 Å². The highest BCUT2D eigenvalue weighted by molar-refractivity contribution is 9.10. The normalized spacial score (nSPS) is 22.3. The number of fused-ring (bicyclic) bond motifs is 4. The number of quaternary nitrogens is 1. The van der Waals surface area contributed by atoms with Crippen molar-refractivity contribution in [3.8, 4) is 0 Å². The monoisotopic (exact) mass is 528 g/mol. The summed E-state index contributed by atoms with van der Waals surface area (Å²) < 4.78 is 29.8. The second kappa shape index (κ2) is 8.74. The van der Waals surface area contributed by atoms with Crippen molar-refractivity contribution in [2.45, 2.75) is 24.0 Å². The highest BCUT2D eigenvalue weighted by Crippen LogP contribution is 2.38. The minimum absolute atomic E-state index is 0.255. The van der Waals surface area contributed by atoms with E-state index in [-0.39, 0.29) is 12.5 Å². The number of amides is 1. The van der Waals surface area contributed by atoms with Gasteiger partial charge in [0.05, 0.1) is 25.3 Å². The van der Waals surface area contributed by atoms with E-state index in [0.29, 0.717) is 30.6 Å². The number of hydrogen-bond donors (Lipinski definition) is 2. The van der Waals surface area contributed by atoms with Crippen molar-refractivity contribution in [1.29, 1.82) is 0 Å². The van der Waals surface area contributed by atoms with Crippen LogP contribution >= 0.6 is 15.9 Å². The topological polar surface area (TPSA) is 70.9 Å². The lowest BCUT2D eigenvalue weighted by atomic mass is 9.87. The Labute approximate surface area is 202 Å². The summed E-state index contributed by atoms with van der Waals surface area (Å²) in [5, 5.41) is 4.83. The van der Waals surface area contributed by atoms with Gasteiger partial charge in [-0.1, -0.05) is 46.3 Å². The van der Waals surface area contributed by atoms with E-state index in [1.54, 1.807) is 12.1 Å². The molecule has 6 nitrogen and oxygen atoms in total. The highest BCUT2D eigenvalue weighted by Gasteiger charge is 2.54. The van der Waals surface area contributed by atoms with E-state index in [2.05, 4.69) is 21.2 Å². The Balaban J connectivity index is 1.51. The number of halogens is 1. The summed E-state index contributed by atoms with van der Waals surface area (Å²) in [7, 11) is -3.76. The Hall–Kier alpha value is -2.42. The van der Waals surface area contributed by atoms with E-state index in [9.17, 15) is 13.2 Å². The van der Waals surface area contributed by atoms with Crippen molar-refractivity contribution >= 4 is 54.0 Å². The fourth-order valence-corrected chi connectivity index (χ4v) is 7.59. The fourth-order valence-electron chi connectivity index (χ4n) is 5.10. The molecule has 3 fully saturated rings. The van der Waals surface area contributed by atoms with Crippen LogP contribution in [-0.2, 0) is 14.8 Å². The van der Waals surface area contributed by atoms with Crippen molar-refractivity contribution in [1.82, 2.24) is 0 Å². The molecule has 33 heavy (non-hydrogen) atoms. The van der Waals surface area contributed by atoms with Crippen molar-refractivity contribution in [3.63, 3.8) is 0 Å². The minimum atomic E-state index is -3.76. The zero-order valence-corrected chi connectivity index (χ0v) is 20.7. The predicted molar refractivity (Wildman–Crippen MR) is 135 cm³/mol. The van der Waals surface area contributed by atoms with Gasteiger partial charge in [0, 0.05) is 29.4 Å². The summed E-state index contributed by atoms with van der Waals surface area (Å²) in [5.74, 6) is -0.357. The van der Waals surface area contributed by atoms with Crippen LogP contribution in [0.5, 0.6) is 0 Å². The number of nitrogens with zero attached hydrogens (tertiary/aromatic N) is 1. The predicted octanol–water partition coefficient (Wildman–Crippen LogP) is 3.20. The van der Waals surface area contributed by atoms with Gasteiger partial charge in [-0.05, 0) is 47.2 Å². The van der Waals surface area contributed by atoms with Gasteiger partial charge in [0.15, 0.2) is 0 Å². The van der Waals surface area contributed by atoms with E-state index < -0.39 is 14.8 Å². The quantitative estimate of drug-likeness (QED) is 0.516. The molecule has 3 heterocycles. The molecule has 2 bridgehead atoms. The van der Waals surface area contributed by atoms with Gasteiger partial charge in [-0.15, -0.1) is 0 Å². The molecule has 8 heteroatoms. The van der Waals surface area contributed by atoms with E-state index in [0.717, 1.165) is 34.9 Å². The molecule has 0 aliphatic carbocycles. The lowest BCUT2D eigenvalue weighted by molar-refractivity contribution is -0.914. The minimum Gasteiger partial charge on any atom is -0.335 e. The molecule has 0 atom stereocenters. The van der Waals surface area contributed by atoms with Crippen molar-refractivity contribution < 1.29 is 18.1 Å². The SMILES string of the molecule is O=C(CN(c1ccc2ccccc2c1)S(=O)(=O)C12CC[NH+](CC1)CC2)Nc1ccc(Br)cc1. The number of benzene rings is 3. The molecular formula is C25H27BrN3O3S+. The van der Waals surface area contributed by atoms with Crippen LogP contribution in [0.15, 0.2) is 71.2 Å². The van der Waals surface area contributed by atoms with Crippen molar-refractivity contribution in [2.75, 3.05) is 35.8 Å². The number of carbonyl (C=O) groups excluding carboxylic acids is 1. The third-order valence-corrected chi connectivity index (χ3v) is 10.2. The average molecular weight is 529 g/mol. The van der Waals surface area contributed by atoms with Gasteiger partial charge < -0.3 is 10.2 Å². The summed E-state index contributed by atoms with van der Waals surface area (Å²) in [6, 6.07) is 20.7. The molecule has 2 N–H and O–H groups in total. The van der Waals surface area contributed by atoms with Crippen molar-refractivity contribution in [3.05, 3.63) is 71.2 Å². The molecule has 3 saturated heterocycles. The highest BCUT2D eigenvalue weighted by atomic mass is 79.9. The number of hydrogen-bond acceptors (Lipinski definition) is 3. The summed E-state index contributed by atoms with van der Waals surface area (Å²) in [6.07, 6.45) is 1.93. The zero-order chi connectivity index (χ0) is 23.1. The maximum atomic E-state index is 14.2. The maximum absolute atomic E-state index is 14.2. The Morgan fingerprint density at radius 2 is 1.58 bits per heavy atom. The van der Waals surface area contributed by atoms with Crippen LogP contribution in [-0.4, -0.2) is 45.3 Å². The Morgan fingerprint density at radius 3 is 2.24 bits per heavy atom. The molecule has 3 aromatic rings. The van der Waals surface area contributed by atoms with Gasteiger partial charge in [0.1, 0.15) is 11.3 Å². The second-order valence-corrected chi connectivity index (χ2v) is 12.2. The van der Waals surface area contributed by atoms with E-state index in [1.807, 2.05) is 54.6 Å². The third kappa shape index (κ3) is 4.27. The van der Waals surface area contributed by atoms with Crippen LogP contribution in [0.1, 0.15) is 19.3 Å². The summed E-state index contributed by atoms with van der Waals surface area (Å²) in [4.78, 5) is 14.5. The maximum Gasteiger partial charge on any atom is 0.245 e. The Kier molecular flexibility index (Phi) is 5.93. The fraction of sp³-hybridized carbons (Fsp3) is 0.320. The number of sulfonamides is 1. The standard InChI is InChI=1S/C25H26BrN3O3S/c26-21-6-8-22(9-7-21)27-24(30)18-29(23-10-5-19-3-1-2-4-20(19)17-23)33(31,32)25-11-14-28(15-12-25)16-13-25/h1-10,17H,11-16,18H2,(H,27,30)/p+1. The Morgan fingerprint density at radius 1 is 0.939 bits per heavy atom. The third-order valence-electron chi connectivity index (χ3n) is 7.08. The van der Waals surface area contributed by atoms with E-state index >= 15 is 0 Å². The van der Waals surface area contributed by atoms with Crippen LogP contribution in [0, 0.1) is 0 Å². The van der Waals surface area contributed by atoms with Crippen LogP contribution in [0.2, 0.25) is 0 Å². The number of rotatable bonds is 6. The first-order valence-corrected chi connectivity index (χ1v) is 13.5. The molecule has 0 saturated carbocycles. The molecule has 3 aliphatic heterocycles. The van der Waals surface area contributed by atoms with E-state index in [1.165, 1.54) is 9.21 Å². The van der Waals surface area contributed by atoms with Gasteiger partial charge in [0.2, 0.25) is 15.9 Å². The van der Waals surface area contributed by atoms with Gasteiger partial charge in [-0.2, -0.15) is 0 Å². The van der Waals surface area contributed by atoms with Crippen LogP contribution in [0.4, 0.5) is 11.4 Å². The molecule has 0 radical (unpaired) electrons. The summed E-state index contributed by atoms with van der Waals surface area (Å²) in [5.41, 5.74) is 1.17. The lowest BCUT2D eigenvalue weighted by Crippen LogP contribution is -3.16. The van der Waals surface area contributed by atoms with Crippen LogP contribution < -0.4 is 14.5 Å². The molecular weight excluding hydrogens is 502 g/mol. The molecule has 6 rings (SSSR count). The first-order valence-electron chi connectivity index (χ1n) is 11.3. The molecule has 3 aliphatic rings. The Bertz CT molecular complexity index is 1270. The molecule has 0 aromatic heterocycles. The lowest BCUT2D eigenvalue weighted by Gasteiger charge is -2.46. The molecule has 0 unspecified atom stereocenters. The summed E-state index contributed by atoms with van der Waals surface area (Å²) >= 11 is 3.39. The van der Waals surface area contributed by atoms with Gasteiger partial charge in [-0.25, -0.2) is 8.42 Å². The second-order valence-electron chi connectivity index (χ2n) is 9.03. The molecule has 172 valence electrons. The van der Waals surface area contributed by atoms with E-state index in [4.69, 9.17) is 0 Å².